The highest BCUT2D eigenvalue weighted by Crippen LogP contribution is 2.37. The summed E-state index contributed by atoms with van der Waals surface area (Å²) >= 11 is 2.95. The third-order valence-corrected chi connectivity index (χ3v) is 6.77. The molecule has 3 aromatic heterocycles. The van der Waals surface area contributed by atoms with Crippen molar-refractivity contribution in [2.45, 2.75) is 31.7 Å². The number of hydrogen-bond donors (Lipinski definition) is 2. The first-order valence-corrected chi connectivity index (χ1v) is 10.7. The van der Waals surface area contributed by atoms with E-state index in [-0.39, 0.29) is 23.6 Å². The molecule has 1 fully saturated rings. The number of anilines is 1. The van der Waals surface area contributed by atoms with Gasteiger partial charge in [0, 0.05) is 4.88 Å². The highest BCUT2D eigenvalue weighted by atomic mass is 32.1. The quantitative estimate of drug-likeness (QED) is 0.588. The van der Waals surface area contributed by atoms with E-state index in [9.17, 15) is 9.59 Å². The number of nitrogens with one attached hydrogen (secondary N) is 2. The van der Waals surface area contributed by atoms with Crippen LogP contribution in [0.1, 0.15) is 56.8 Å². The normalized spacial score (nSPS) is 15.6. The van der Waals surface area contributed by atoms with Crippen molar-refractivity contribution in [3.63, 3.8) is 0 Å². The Bertz CT molecular complexity index is 894. The minimum Gasteiger partial charge on any atom is -0.459 e. The second-order valence-corrected chi connectivity index (χ2v) is 8.67. The van der Waals surface area contributed by atoms with Crippen molar-refractivity contribution in [1.82, 2.24) is 5.32 Å². The molecule has 2 N–H and O–H groups in total. The van der Waals surface area contributed by atoms with Gasteiger partial charge in [-0.3, -0.25) is 9.59 Å². The summed E-state index contributed by atoms with van der Waals surface area (Å²) in [7, 11) is 0. The van der Waals surface area contributed by atoms with Crippen molar-refractivity contribution >= 4 is 39.5 Å². The van der Waals surface area contributed by atoms with Crippen molar-refractivity contribution in [2.24, 2.45) is 5.92 Å². The lowest BCUT2D eigenvalue weighted by Gasteiger charge is -2.23. The minimum absolute atomic E-state index is 0.0586. The highest BCUT2D eigenvalue weighted by molar-refractivity contribution is 7.18. The Labute approximate surface area is 165 Å². The molecular weight excluding hydrogens is 380 g/mol. The summed E-state index contributed by atoms with van der Waals surface area (Å²) in [6.45, 7) is 0. The van der Waals surface area contributed by atoms with Crippen LogP contribution in [-0.2, 0) is 0 Å². The van der Waals surface area contributed by atoms with Crippen LogP contribution in [0.3, 0.4) is 0 Å². The Morgan fingerprint density at radius 2 is 1.93 bits per heavy atom. The van der Waals surface area contributed by atoms with Crippen LogP contribution in [0.2, 0.25) is 0 Å². The van der Waals surface area contributed by atoms with Crippen molar-refractivity contribution in [2.75, 3.05) is 5.32 Å². The first-order chi connectivity index (χ1) is 13.2. The SMILES string of the molecule is O=C(Nc1ccc(C(=O)NC(c2cccs2)C2CCCC2)s1)c1ccco1. The predicted molar refractivity (Wildman–Crippen MR) is 107 cm³/mol. The van der Waals surface area contributed by atoms with Gasteiger partial charge < -0.3 is 15.1 Å². The molecule has 1 unspecified atom stereocenters. The second kappa shape index (κ2) is 8.10. The summed E-state index contributed by atoms with van der Waals surface area (Å²) in [6, 6.07) is 10.9. The van der Waals surface area contributed by atoms with Gasteiger partial charge in [-0.2, -0.15) is 0 Å². The Morgan fingerprint density at radius 3 is 2.63 bits per heavy atom. The number of furan rings is 1. The van der Waals surface area contributed by atoms with Crippen LogP contribution in [-0.4, -0.2) is 11.8 Å². The van der Waals surface area contributed by atoms with E-state index in [4.69, 9.17) is 4.42 Å². The topological polar surface area (TPSA) is 71.3 Å². The van der Waals surface area contributed by atoms with Gasteiger partial charge in [0.25, 0.3) is 11.8 Å². The molecule has 7 heteroatoms. The average Bonchev–Trinajstić information content (AvgIpc) is 3.48. The largest absolute Gasteiger partial charge is 0.459 e. The molecule has 0 saturated heterocycles. The van der Waals surface area contributed by atoms with Gasteiger partial charge >= 0.3 is 0 Å². The highest BCUT2D eigenvalue weighted by Gasteiger charge is 2.29. The predicted octanol–water partition coefficient (Wildman–Crippen LogP) is 5.32. The van der Waals surface area contributed by atoms with Crippen LogP contribution in [0, 0.1) is 5.92 Å². The first-order valence-electron chi connectivity index (χ1n) is 8.99. The van der Waals surface area contributed by atoms with E-state index in [0.29, 0.717) is 15.8 Å². The van der Waals surface area contributed by atoms with Crippen LogP contribution in [0.25, 0.3) is 0 Å². The van der Waals surface area contributed by atoms with E-state index in [0.717, 1.165) is 12.8 Å². The third kappa shape index (κ3) is 4.14. The Balaban J connectivity index is 1.44. The van der Waals surface area contributed by atoms with Crippen molar-refractivity contribution in [3.8, 4) is 0 Å². The van der Waals surface area contributed by atoms with E-state index in [1.54, 1.807) is 35.6 Å². The van der Waals surface area contributed by atoms with Crippen LogP contribution in [0.15, 0.2) is 52.5 Å². The fourth-order valence-corrected chi connectivity index (χ4v) is 5.17. The molecule has 4 rings (SSSR count). The second-order valence-electron chi connectivity index (χ2n) is 6.61. The van der Waals surface area contributed by atoms with Gasteiger partial charge in [-0.25, -0.2) is 0 Å². The number of rotatable bonds is 6. The number of thiophene rings is 2. The van der Waals surface area contributed by atoms with Crippen LogP contribution < -0.4 is 10.6 Å². The van der Waals surface area contributed by atoms with Crippen molar-refractivity contribution < 1.29 is 14.0 Å². The zero-order valence-corrected chi connectivity index (χ0v) is 16.3. The van der Waals surface area contributed by atoms with Gasteiger partial charge in [-0.1, -0.05) is 18.9 Å². The molecule has 0 radical (unpaired) electrons. The van der Waals surface area contributed by atoms with Gasteiger partial charge in [0.2, 0.25) is 0 Å². The number of carbonyl (C=O) groups is 2. The van der Waals surface area contributed by atoms with Gasteiger partial charge in [0.15, 0.2) is 5.76 Å². The zero-order valence-electron chi connectivity index (χ0n) is 14.6. The monoisotopic (exact) mass is 400 g/mol. The molecule has 1 saturated carbocycles. The van der Waals surface area contributed by atoms with Gasteiger partial charge in [-0.05, 0) is 54.5 Å². The maximum atomic E-state index is 12.8. The lowest BCUT2D eigenvalue weighted by molar-refractivity contribution is 0.0926. The molecule has 5 nitrogen and oxygen atoms in total. The van der Waals surface area contributed by atoms with Gasteiger partial charge in [0.1, 0.15) is 0 Å². The molecule has 1 aliphatic carbocycles. The first kappa shape index (κ1) is 18.0. The lowest BCUT2D eigenvalue weighted by Crippen LogP contribution is -2.31. The Hall–Kier alpha value is -2.38. The van der Waals surface area contributed by atoms with Crippen molar-refractivity contribution in [1.29, 1.82) is 0 Å². The maximum Gasteiger partial charge on any atom is 0.291 e. The standard InChI is InChI=1S/C20H20N2O3S2/c23-19(14-7-3-11-25-14)21-17-10-9-16(27-17)20(24)22-18(13-5-1-2-6-13)15-8-4-12-26-15/h3-4,7-13,18H,1-2,5-6H2,(H,21,23)(H,22,24). The summed E-state index contributed by atoms with van der Waals surface area (Å²) in [5, 5.41) is 8.66. The van der Waals surface area contributed by atoms with Gasteiger partial charge in [0.05, 0.1) is 22.2 Å². The average molecular weight is 401 g/mol. The molecule has 0 spiro atoms. The number of amides is 2. The molecule has 0 aromatic carbocycles. The van der Waals surface area contributed by atoms with E-state index >= 15 is 0 Å². The molecule has 0 aliphatic heterocycles. The van der Waals surface area contributed by atoms with E-state index in [1.165, 1.54) is 35.3 Å². The lowest BCUT2D eigenvalue weighted by atomic mass is 9.96. The minimum atomic E-state index is -0.323. The molecule has 27 heavy (non-hydrogen) atoms. The van der Waals surface area contributed by atoms with Crippen molar-refractivity contribution in [3.05, 3.63) is 63.6 Å². The Morgan fingerprint density at radius 1 is 1.07 bits per heavy atom. The molecular formula is C20H20N2O3S2. The smallest absolute Gasteiger partial charge is 0.291 e. The summed E-state index contributed by atoms with van der Waals surface area (Å²) in [6.07, 6.45) is 6.21. The fourth-order valence-electron chi connectivity index (χ4n) is 3.50. The molecule has 3 aromatic rings. The van der Waals surface area contributed by atoms with E-state index < -0.39 is 0 Å². The molecule has 2 amide bonds. The van der Waals surface area contributed by atoms with Gasteiger partial charge in [-0.15, -0.1) is 22.7 Å². The fraction of sp³-hybridized carbons (Fsp3) is 0.300. The summed E-state index contributed by atoms with van der Waals surface area (Å²) < 4.78 is 5.09. The van der Waals surface area contributed by atoms with E-state index in [2.05, 4.69) is 22.1 Å². The molecule has 3 heterocycles. The van der Waals surface area contributed by atoms with E-state index in [1.807, 2.05) is 6.07 Å². The molecule has 140 valence electrons. The number of hydrogen-bond acceptors (Lipinski definition) is 5. The summed E-state index contributed by atoms with van der Waals surface area (Å²) in [4.78, 5) is 26.7. The Kier molecular flexibility index (Phi) is 5.40. The van der Waals surface area contributed by atoms with Crippen LogP contribution in [0.4, 0.5) is 5.00 Å². The molecule has 0 bridgehead atoms. The third-order valence-electron chi connectivity index (χ3n) is 4.82. The summed E-state index contributed by atoms with van der Waals surface area (Å²) in [5.74, 6) is 0.319. The zero-order chi connectivity index (χ0) is 18.6. The molecule has 1 aliphatic rings. The van der Waals surface area contributed by atoms with Crippen LogP contribution >= 0.6 is 22.7 Å². The summed E-state index contributed by atoms with van der Waals surface area (Å²) in [5.41, 5.74) is 0. The number of carbonyl (C=O) groups excluding carboxylic acids is 2. The molecule has 1 atom stereocenters. The maximum absolute atomic E-state index is 12.8. The van der Waals surface area contributed by atoms with Crippen LogP contribution in [0.5, 0.6) is 0 Å².